The topological polar surface area (TPSA) is 104 Å². The molecule has 0 aliphatic rings. The quantitative estimate of drug-likeness (QED) is 0.761. The number of anilines is 1. The Kier molecular flexibility index (Phi) is 5.09. The molecule has 0 heterocycles. The van der Waals surface area contributed by atoms with Gasteiger partial charge in [0.25, 0.3) is 10.0 Å². The van der Waals surface area contributed by atoms with Crippen LogP contribution in [-0.2, 0) is 20.0 Å². The van der Waals surface area contributed by atoms with Gasteiger partial charge in [0.05, 0.1) is 15.5 Å². The van der Waals surface area contributed by atoms with E-state index in [4.69, 9.17) is 11.6 Å². The molecule has 24 heavy (non-hydrogen) atoms. The van der Waals surface area contributed by atoms with Crippen LogP contribution in [0.1, 0.15) is 0 Å². The van der Waals surface area contributed by atoms with Gasteiger partial charge < -0.3 is 5.11 Å². The Morgan fingerprint density at radius 3 is 2.04 bits per heavy atom. The van der Waals surface area contributed by atoms with Crippen molar-refractivity contribution in [2.24, 2.45) is 0 Å². The third-order valence-corrected chi connectivity index (χ3v) is 6.56. The van der Waals surface area contributed by atoms with Crippen LogP contribution in [0.2, 0.25) is 5.02 Å². The molecule has 0 amide bonds. The predicted molar refractivity (Wildman–Crippen MR) is 91.2 cm³/mol. The fraction of sp³-hybridized carbons (Fsp3) is 0.143. The van der Waals surface area contributed by atoms with Crippen LogP contribution >= 0.6 is 11.6 Å². The number of nitrogens with one attached hydrogen (secondary N) is 1. The molecule has 2 rings (SSSR count). The number of nitrogens with zero attached hydrogens (tertiary/aromatic N) is 1. The second kappa shape index (κ2) is 6.60. The van der Waals surface area contributed by atoms with Gasteiger partial charge in [0.15, 0.2) is 0 Å². The van der Waals surface area contributed by atoms with Gasteiger partial charge in [-0.15, -0.1) is 0 Å². The minimum Gasteiger partial charge on any atom is -0.506 e. The van der Waals surface area contributed by atoms with Crippen molar-refractivity contribution in [3.8, 4) is 5.75 Å². The lowest BCUT2D eigenvalue weighted by atomic mass is 10.3. The molecule has 0 unspecified atom stereocenters. The van der Waals surface area contributed by atoms with Crippen molar-refractivity contribution in [1.29, 1.82) is 0 Å². The van der Waals surface area contributed by atoms with Gasteiger partial charge in [-0.2, -0.15) is 0 Å². The zero-order valence-corrected chi connectivity index (χ0v) is 15.2. The molecule has 0 saturated carbocycles. The molecule has 0 aliphatic heterocycles. The summed E-state index contributed by atoms with van der Waals surface area (Å²) in [6.07, 6.45) is 0. The summed E-state index contributed by atoms with van der Waals surface area (Å²) in [7, 11) is -5.09. The molecule has 130 valence electrons. The van der Waals surface area contributed by atoms with Gasteiger partial charge in [0.2, 0.25) is 10.0 Å². The molecule has 2 N–H and O–H groups in total. The SMILES string of the molecule is CN(C)S(=O)(=O)c1ccc(O)c(NS(=O)(=O)c2ccc(Cl)cc2)c1. The van der Waals surface area contributed by atoms with Crippen LogP contribution in [0.5, 0.6) is 5.75 Å². The Hall–Kier alpha value is -1.81. The van der Waals surface area contributed by atoms with Crippen molar-refractivity contribution in [2.45, 2.75) is 9.79 Å². The summed E-state index contributed by atoms with van der Waals surface area (Å²) in [5, 5.41) is 10.2. The number of hydrogen-bond acceptors (Lipinski definition) is 5. The van der Waals surface area contributed by atoms with Crippen molar-refractivity contribution in [3.63, 3.8) is 0 Å². The molecule has 0 aliphatic carbocycles. The Bertz CT molecular complexity index is 955. The molecule has 2 aromatic carbocycles. The first kappa shape index (κ1) is 18.5. The zero-order valence-electron chi connectivity index (χ0n) is 12.8. The number of halogens is 1. The van der Waals surface area contributed by atoms with E-state index in [1.165, 1.54) is 44.4 Å². The van der Waals surface area contributed by atoms with Crippen molar-refractivity contribution >= 4 is 37.3 Å². The third kappa shape index (κ3) is 3.81. The Morgan fingerprint density at radius 1 is 0.958 bits per heavy atom. The monoisotopic (exact) mass is 390 g/mol. The van der Waals surface area contributed by atoms with E-state index < -0.39 is 25.8 Å². The standard InChI is InChI=1S/C14H15ClN2O5S2/c1-17(2)24(21,22)12-7-8-14(18)13(9-12)16-23(19,20)11-5-3-10(15)4-6-11/h3-9,16,18H,1-2H3. The molecule has 0 spiro atoms. The molecular formula is C14H15ClN2O5S2. The van der Waals surface area contributed by atoms with Crippen LogP contribution in [0.15, 0.2) is 52.3 Å². The van der Waals surface area contributed by atoms with Gasteiger partial charge in [-0.1, -0.05) is 11.6 Å². The van der Waals surface area contributed by atoms with E-state index in [9.17, 15) is 21.9 Å². The Labute approximate surface area is 145 Å². The van der Waals surface area contributed by atoms with E-state index in [2.05, 4.69) is 4.72 Å². The zero-order chi connectivity index (χ0) is 18.1. The summed E-state index contributed by atoms with van der Waals surface area (Å²) in [4.78, 5) is -0.230. The van der Waals surface area contributed by atoms with E-state index >= 15 is 0 Å². The average molecular weight is 391 g/mol. The molecule has 0 bridgehead atoms. The summed E-state index contributed by atoms with van der Waals surface area (Å²) in [6.45, 7) is 0. The molecule has 0 atom stereocenters. The normalized spacial score (nSPS) is 12.3. The lowest BCUT2D eigenvalue weighted by Gasteiger charge is -2.14. The molecule has 10 heteroatoms. The number of rotatable bonds is 5. The van der Waals surface area contributed by atoms with Crippen LogP contribution in [-0.4, -0.2) is 40.3 Å². The second-order valence-electron chi connectivity index (χ2n) is 5.03. The van der Waals surface area contributed by atoms with Crippen LogP contribution < -0.4 is 4.72 Å². The number of benzene rings is 2. The molecule has 0 saturated heterocycles. The number of sulfonamides is 2. The summed E-state index contributed by atoms with van der Waals surface area (Å²) in [6, 6.07) is 8.75. The largest absolute Gasteiger partial charge is 0.506 e. The maximum Gasteiger partial charge on any atom is 0.262 e. The predicted octanol–water partition coefficient (Wildman–Crippen LogP) is 2.10. The summed E-state index contributed by atoms with van der Waals surface area (Å²) >= 11 is 5.72. The lowest BCUT2D eigenvalue weighted by Crippen LogP contribution is -2.22. The highest BCUT2D eigenvalue weighted by Gasteiger charge is 2.21. The minimum absolute atomic E-state index is 0.0767. The first-order valence-electron chi connectivity index (χ1n) is 6.58. The first-order valence-corrected chi connectivity index (χ1v) is 9.88. The van der Waals surface area contributed by atoms with Gasteiger partial charge in [-0.05, 0) is 42.5 Å². The second-order valence-corrected chi connectivity index (χ2v) is 9.30. The highest BCUT2D eigenvalue weighted by atomic mass is 35.5. The maximum absolute atomic E-state index is 12.3. The van der Waals surface area contributed by atoms with Crippen molar-refractivity contribution in [3.05, 3.63) is 47.5 Å². The molecule has 0 fully saturated rings. The minimum atomic E-state index is -4.01. The van der Waals surface area contributed by atoms with E-state index in [-0.39, 0.29) is 15.5 Å². The molecular weight excluding hydrogens is 376 g/mol. The van der Waals surface area contributed by atoms with Gasteiger partial charge in [-0.3, -0.25) is 4.72 Å². The summed E-state index contributed by atoms with van der Waals surface area (Å²) in [5.74, 6) is -0.398. The fourth-order valence-electron chi connectivity index (χ4n) is 1.79. The summed E-state index contributed by atoms with van der Waals surface area (Å²) in [5.41, 5.74) is -0.243. The fourth-order valence-corrected chi connectivity index (χ4v) is 3.91. The van der Waals surface area contributed by atoms with Crippen LogP contribution in [0.4, 0.5) is 5.69 Å². The average Bonchev–Trinajstić information content (AvgIpc) is 2.49. The highest BCUT2D eigenvalue weighted by Crippen LogP contribution is 2.29. The van der Waals surface area contributed by atoms with E-state index in [1.54, 1.807) is 0 Å². The Morgan fingerprint density at radius 2 is 1.50 bits per heavy atom. The number of phenols is 1. The first-order chi connectivity index (χ1) is 11.0. The maximum atomic E-state index is 12.3. The van der Waals surface area contributed by atoms with Gasteiger partial charge in [-0.25, -0.2) is 21.1 Å². The molecule has 0 aromatic heterocycles. The van der Waals surface area contributed by atoms with E-state index in [0.717, 1.165) is 16.4 Å². The van der Waals surface area contributed by atoms with Gasteiger partial charge in [0, 0.05) is 19.1 Å². The molecule has 7 nitrogen and oxygen atoms in total. The smallest absolute Gasteiger partial charge is 0.262 e. The van der Waals surface area contributed by atoms with Gasteiger partial charge in [0.1, 0.15) is 5.75 Å². The lowest BCUT2D eigenvalue weighted by molar-refractivity contribution is 0.477. The number of hydrogen-bond donors (Lipinski definition) is 2. The molecule has 2 aromatic rings. The van der Waals surface area contributed by atoms with Gasteiger partial charge >= 0.3 is 0 Å². The van der Waals surface area contributed by atoms with Crippen LogP contribution in [0.3, 0.4) is 0 Å². The highest BCUT2D eigenvalue weighted by molar-refractivity contribution is 7.92. The van der Waals surface area contributed by atoms with Crippen molar-refractivity contribution in [1.82, 2.24) is 4.31 Å². The van der Waals surface area contributed by atoms with E-state index in [1.807, 2.05) is 0 Å². The summed E-state index contributed by atoms with van der Waals surface area (Å²) < 4.78 is 52.1. The third-order valence-electron chi connectivity index (χ3n) is 3.11. The van der Waals surface area contributed by atoms with E-state index in [0.29, 0.717) is 5.02 Å². The van der Waals surface area contributed by atoms with Crippen LogP contribution in [0, 0.1) is 0 Å². The van der Waals surface area contributed by atoms with Crippen molar-refractivity contribution in [2.75, 3.05) is 18.8 Å². The molecule has 0 radical (unpaired) electrons. The number of phenolic OH excluding ortho intramolecular Hbond substituents is 1. The van der Waals surface area contributed by atoms with Crippen molar-refractivity contribution < 1.29 is 21.9 Å². The van der Waals surface area contributed by atoms with Crippen LogP contribution in [0.25, 0.3) is 0 Å². The number of aromatic hydroxyl groups is 1. The Balaban J connectivity index is 2.44.